The van der Waals surface area contributed by atoms with E-state index in [9.17, 15) is 10.2 Å². The molecule has 0 saturated heterocycles. The highest BCUT2D eigenvalue weighted by atomic mass is 79.9. The number of benzene rings is 2. The number of rotatable bonds is 3. The summed E-state index contributed by atoms with van der Waals surface area (Å²) in [4.78, 5) is 9.22. The number of phenols is 2. The first-order valence-corrected chi connectivity index (χ1v) is 9.60. The molecular formula is C20H13Br2N3O2. The zero-order valence-electron chi connectivity index (χ0n) is 13.8. The van der Waals surface area contributed by atoms with Crippen LogP contribution in [0.2, 0.25) is 0 Å². The van der Waals surface area contributed by atoms with Crippen LogP contribution in [0, 0.1) is 0 Å². The Bertz CT molecular complexity index is 1190. The second kappa shape index (κ2) is 7.17. The number of fused-ring (bicyclic) bond motifs is 1. The molecule has 7 heteroatoms. The van der Waals surface area contributed by atoms with Gasteiger partial charge in [-0.05, 0) is 48.5 Å². The first-order chi connectivity index (χ1) is 13.0. The van der Waals surface area contributed by atoms with Crippen molar-refractivity contribution in [1.82, 2.24) is 9.38 Å². The SMILES string of the molecule is Oc1ccc(Br)cc1/C=N/c1c(-c2cc(Br)ccc2O)nc2ccccn12. The molecule has 0 radical (unpaired) electrons. The van der Waals surface area contributed by atoms with E-state index in [1.807, 2.05) is 28.8 Å². The molecule has 4 aromatic rings. The van der Waals surface area contributed by atoms with Gasteiger partial charge in [0.15, 0.2) is 5.82 Å². The summed E-state index contributed by atoms with van der Waals surface area (Å²) in [6.45, 7) is 0. The number of hydrogen-bond donors (Lipinski definition) is 2. The van der Waals surface area contributed by atoms with E-state index in [0.717, 1.165) is 8.95 Å². The highest BCUT2D eigenvalue weighted by Gasteiger charge is 2.16. The Balaban J connectivity index is 1.92. The number of aromatic nitrogens is 2. The lowest BCUT2D eigenvalue weighted by atomic mass is 10.1. The topological polar surface area (TPSA) is 70.1 Å². The summed E-state index contributed by atoms with van der Waals surface area (Å²) in [7, 11) is 0. The van der Waals surface area contributed by atoms with E-state index in [2.05, 4.69) is 41.8 Å². The fraction of sp³-hybridized carbons (Fsp3) is 0. The summed E-state index contributed by atoms with van der Waals surface area (Å²) < 4.78 is 3.50. The van der Waals surface area contributed by atoms with Crippen molar-refractivity contribution in [1.29, 1.82) is 0 Å². The van der Waals surface area contributed by atoms with Crippen molar-refractivity contribution in [2.45, 2.75) is 0 Å². The van der Waals surface area contributed by atoms with Crippen molar-refractivity contribution in [2.75, 3.05) is 0 Å². The quantitative estimate of drug-likeness (QED) is 0.365. The summed E-state index contributed by atoms with van der Waals surface area (Å²) in [6, 6.07) is 15.9. The summed E-state index contributed by atoms with van der Waals surface area (Å²) in [6.07, 6.45) is 3.43. The molecule has 4 rings (SSSR count). The van der Waals surface area contributed by atoms with Crippen LogP contribution in [0.4, 0.5) is 5.82 Å². The fourth-order valence-corrected chi connectivity index (χ4v) is 3.48. The molecule has 0 atom stereocenters. The average molecular weight is 487 g/mol. The minimum absolute atomic E-state index is 0.114. The van der Waals surface area contributed by atoms with Crippen molar-refractivity contribution < 1.29 is 10.2 Å². The first-order valence-electron chi connectivity index (χ1n) is 8.01. The van der Waals surface area contributed by atoms with Crippen LogP contribution in [-0.4, -0.2) is 25.8 Å². The van der Waals surface area contributed by atoms with E-state index < -0.39 is 0 Å². The second-order valence-corrected chi connectivity index (χ2v) is 7.67. The Morgan fingerprint density at radius 2 is 1.67 bits per heavy atom. The molecule has 0 bridgehead atoms. The molecule has 0 aliphatic heterocycles. The zero-order valence-corrected chi connectivity index (χ0v) is 17.0. The van der Waals surface area contributed by atoms with Crippen LogP contribution < -0.4 is 0 Å². The van der Waals surface area contributed by atoms with Gasteiger partial charge in [-0.2, -0.15) is 0 Å². The number of imidazole rings is 1. The van der Waals surface area contributed by atoms with Crippen LogP contribution in [0.3, 0.4) is 0 Å². The van der Waals surface area contributed by atoms with Crippen LogP contribution in [0.1, 0.15) is 5.56 Å². The number of pyridine rings is 1. The maximum Gasteiger partial charge on any atom is 0.165 e. The fourth-order valence-electron chi connectivity index (χ4n) is 2.74. The highest BCUT2D eigenvalue weighted by molar-refractivity contribution is 9.10. The third-order valence-electron chi connectivity index (χ3n) is 4.03. The lowest BCUT2D eigenvalue weighted by Gasteiger charge is -2.04. The Morgan fingerprint density at radius 1 is 0.926 bits per heavy atom. The third kappa shape index (κ3) is 3.48. The maximum atomic E-state index is 10.3. The Hall–Kier alpha value is -2.64. The number of phenolic OH excluding ortho intramolecular Hbond substituents is 2. The molecule has 0 fully saturated rings. The predicted molar refractivity (Wildman–Crippen MR) is 113 cm³/mol. The van der Waals surface area contributed by atoms with E-state index in [-0.39, 0.29) is 11.5 Å². The molecule has 0 amide bonds. The van der Waals surface area contributed by atoms with E-state index in [1.165, 1.54) is 0 Å². The molecule has 2 aromatic carbocycles. The largest absolute Gasteiger partial charge is 0.507 e. The van der Waals surface area contributed by atoms with Crippen LogP contribution >= 0.6 is 31.9 Å². The van der Waals surface area contributed by atoms with Gasteiger partial charge in [-0.25, -0.2) is 9.98 Å². The number of aliphatic imine (C=N–C) groups is 1. The minimum Gasteiger partial charge on any atom is -0.507 e. The molecule has 5 nitrogen and oxygen atoms in total. The standard InChI is InChI=1S/C20H13Br2N3O2/c21-13-4-6-16(26)12(9-13)11-23-20-19(15-10-14(22)5-7-17(15)27)24-18-3-1-2-8-25(18)20/h1-11,26-27H/b23-11+. The lowest BCUT2D eigenvalue weighted by molar-refractivity contribution is 0.474. The Kier molecular flexibility index (Phi) is 4.72. The van der Waals surface area contributed by atoms with Crippen molar-refractivity contribution >= 4 is 49.5 Å². The smallest absolute Gasteiger partial charge is 0.165 e. The van der Waals surface area contributed by atoms with Crippen LogP contribution in [-0.2, 0) is 0 Å². The number of hydrogen-bond acceptors (Lipinski definition) is 4. The molecule has 134 valence electrons. The van der Waals surface area contributed by atoms with Gasteiger partial charge in [-0.15, -0.1) is 0 Å². The molecule has 0 aliphatic rings. The van der Waals surface area contributed by atoms with Crippen LogP contribution in [0.5, 0.6) is 11.5 Å². The molecular weight excluding hydrogens is 474 g/mol. The molecule has 0 spiro atoms. The molecule has 0 unspecified atom stereocenters. The minimum atomic E-state index is 0.114. The molecule has 27 heavy (non-hydrogen) atoms. The van der Waals surface area contributed by atoms with Gasteiger partial charge >= 0.3 is 0 Å². The zero-order chi connectivity index (χ0) is 19.0. The molecule has 2 N–H and O–H groups in total. The maximum absolute atomic E-state index is 10.3. The van der Waals surface area contributed by atoms with Gasteiger partial charge in [0.2, 0.25) is 0 Å². The average Bonchev–Trinajstić information content (AvgIpc) is 3.03. The Morgan fingerprint density at radius 3 is 2.48 bits per heavy atom. The molecule has 2 aromatic heterocycles. The normalized spacial score (nSPS) is 11.5. The van der Waals surface area contributed by atoms with Crippen molar-refractivity contribution in [3.8, 4) is 22.8 Å². The summed E-state index contributed by atoms with van der Waals surface area (Å²) in [5.74, 6) is 0.796. The summed E-state index contributed by atoms with van der Waals surface area (Å²) >= 11 is 6.83. The third-order valence-corrected chi connectivity index (χ3v) is 5.02. The van der Waals surface area contributed by atoms with E-state index in [0.29, 0.717) is 28.3 Å². The van der Waals surface area contributed by atoms with Crippen LogP contribution in [0.25, 0.3) is 16.9 Å². The van der Waals surface area contributed by atoms with Gasteiger partial charge in [0.25, 0.3) is 0 Å². The van der Waals surface area contributed by atoms with E-state index in [1.54, 1.807) is 42.6 Å². The van der Waals surface area contributed by atoms with Crippen molar-refractivity contribution in [2.24, 2.45) is 4.99 Å². The lowest BCUT2D eigenvalue weighted by Crippen LogP contribution is -1.86. The predicted octanol–water partition coefficient (Wildman–Crippen LogP) is 5.69. The monoisotopic (exact) mass is 485 g/mol. The van der Waals surface area contributed by atoms with Gasteiger partial charge in [-0.3, -0.25) is 4.40 Å². The molecule has 0 saturated carbocycles. The Labute approximate surface area is 171 Å². The first kappa shape index (κ1) is 17.8. The van der Waals surface area contributed by atoms with Crippen molar-refractivity contribution in [3.05, 3.63) is 75.3 Å². The van der Waals surface area contributed by atoms with E-state index >= 15 is 0 Å². The van der Waals surface area contributed by atoms with Crippen molar-refractivity contribution in [3.63, 3.8) is 0 Å². The van der Waals surface area contributed by atoms with Crippen LogP contribution in [0.15, 0.2) is 74.7 Å². The summed E-state index contributed by atoms with van der Waals surface area (Å²) in [5.41, 5.74) is 2.39. The second-order valence-electron chi connectivity index (χ2n) is 5.84. The number of nitrogens with zero attached hydrogens (tertiary/aromatic N) is 3. The van der Waals surface area contributed by atoms with E-state index in [4.69, 9.17) is 0 Å². The van der Waals surface area contributed by atoms with Gasteiger partial charge in [-0.1, -0.05) is 37.9 Å². The van der Waals surface area contributed by atoms with Gasteiger partial charge in [0.05, 0.1) is 0 Å². The van der Waals surface area contributed by atoms with Gasteiger partial charge in [0.1, 0.15) is 22.8 Å². The van der Waals surface area contributed by atoms with Gasteiger partial charge in [0, 0.05) is 32.5 Å². The molecule has 2 heterocycles. The highest BCUT2D eigenvalue weighted by Crippen LogP contribution is 2.37. The number of aromatic hydroxyl groups is 2. The molecule has 0 aliphatic carbocycles. The number of halogens is 2. The summed E-state index contributed by atoms with van der Waals surface area (Å²) in [5, 5.41) is 20.4. The van der Waals surface area contributed by atoms with Gasteiger partial charge < -0.3 is 10.2 Å².